The van der Waals surface area contributed by atoms with Crippen LogP contribution in [0.15, 0.2) is 78.9 Å². The molecule has 0 N–H and O–H groups in total. The molecular formula is C33H40N2O3. The van der Waals surface area contributed by atoms with Crippen molar-refractivity contribution in [3.8, 4) is 11.5 Å². The Morgan fingerprint density at radius 3 is 2.13 bits per heavy atom. The fourth-order valence-electron chi connectivity index (χ4n) is 6.21. The van der Waals surface area contributed by atoms with Gasteiger partial charge in [-0.15, -0.1) is 0 Å². The molecule has 2 aliphatic rings. The van der Waals surface area contributed by atoms with Crippen molar-refractivity contribution in [1.82, 2.24) is 9.80 Å². The monoisotopic (exact) mass is 512 g/mol. The number of carbonyl (C=O) groups excluding carboxylic acids is 1. The van der Waals surface area contributed by atoms with E-state index in [0.717, 1.165) is 69.7 Å². The number of piperazine rings is 1. The number of benzene rings is 3. The summed E-state index contributed by atoms with van der Waals surface area (Å²) in [6.07, 6.45) is 6.19. The van der Waals surface area contributed by atoms with Crippen LogP contribution in [0.5, 0.6) is 11.5 Å². The lowest BCUT2D eigenvalue weighted by molar-refractivity contribution is -0.142. The van der Waals surface area contributed by atoms with Gasteiger partial charge in [-0.2, -0.15) is 0 Å². The number of likely N-dealkylation sites (tertiary alicyclic amines) is 1. The maximum atomic E-state index is 13.7. The van der Waals surface area contributed by atoms with Gasteiger partial charge in [0.25, 0.3) is 0 Å². The lowest BCUT2D eigenvalue weighted by atomic mass is 9.92. The van der Waals surface area contributed by atoms with Crippen molar-refractivity contribution in [3.05, 3.63) is 95.6 Å². The molecule has 1 unspecified atom stereocenters. The number of nitrogens with zero attached hydrogens (tertiary/aromatic N) is 2. The second kappa shape index (κ2) is 12.5. The minimum Gasteiger partial charge on any atom is -0.493 e. The molecule has 0 aliphatic carbocycles. The number of ether oxygens (including phenoxy) is 2. The summed E-state index contributed by atoms with van der Waals surface area (Å²) in [6.45, 7) is 2.55. The zero-order valence-corrected chi connectivity index (χ0v) is 22.7. The van der Waals surface area contributed by atoms with E-state index in [1.165, 1.54) is 16.7 Å². The molecule has 1 amide bonds. The van der Waals surface area contributed by atoms with Gasteiger partial charge < -0.3 is 14.4 Å². The third-order valence-corrected chi connectivity index (χ3v) is 8.33. The molecule has 3 aromatic carbocycles. The highest BCUT2D eigenvalue weighted by molar-refractivity contribution is 5.83. The number of fused-ring (bicyclic) bond motifs is 2. The van der Waals surface area contributed by atoms with Crippen LogP contribution in [0.25, 0.3) is 0 Å². The average molecular weight is 513 g/mol. The van der Waals surface area contributed by atoms with Gasteiger partial charge in [-0.05, 0) is 73.3 Å². The van der Waals surface area contributed by atoms with Gasteiger partial charge in [0, 0.05) is 25.7 Å². The van der Waals surface area contributed by atoms with Crippen molar-refractivity contribution < 1.29 is 14.3 Å². The molecule has 5 rings (SSSR count). The standard InChI is InChI=1S/C33H40N2O3/c1-37-31-20-17-26(21-32(31)38-2)14-16-28(15-13-25-9-5-3-6-10-25)22-34-24-29-18-19-30(33(34)36)35(29)23-27-11-7-4-8-12-27/h3-12,17,20-21,28-30H,13-16,18-19,22-24H2,1-2H3/t28?,29-,30+/m1/s1. The SMILES string of the molecule is COc1ccc(CCC(CCc2ccccc2)CN2C[C@H]3CC[C@@H](C2=O)N3Cc2ccccc2)cc1OC. The zero-order valence-electron chi connectivity index (χ0n) is 22.7. The van der Waals surface area contributed by atoms with Crippen molar-refractivity contribution >= 4 is 5.91 Å². The quantitative estimate of drug-likeness (QED) is 0.309. The Labute approximate surface area is 227 Å². The van der Waals surface area contributed by atoms with Crippen molar-refractivity contribution in [2.45, 2.75) is 57.2 Å². The van der Waals surface area contributed by atoms with Crippen LogP contribution in [-0.2, 0) is 24.2 Å². The maximum absolute atomic E-state index is 13.7. The fourth-order valence-corrected chi connectivity index (χ4v) is 6.21. The van der Waals surface area contributed by atoms with Crippen LogP contribution in [0.2, 0.25) is 0 Å². The normalized spacial score (nSPS) is 19.9. The molecule has 2 saturated heterocycles. The number of methoxy groups -OCH3 is 2. The van der Waals surface area contributed by atoms with Gasteiger partial charge in [0.05, 0.1) is 20.3 Å². The van der Waals surface area contributed by atoms with E-state index in [4.69, 9.17) is 9.47 Å². The smallest absolute Gasteiger partial charge is 0.240 e. The van der Waals surface area contributed by atoms with Crippen molar-refractivity contribution in [2.24, 2.45) is 5.92 Å². The summed E-state index contributed by atoms with van der Waals surface area (Å²) in [7, 11) is 3.35. The second-order valence-electron chi connectivity index (χ2n) is 10.8. The first-order valence-electron chi connectivity index (χ1n) is 14.0. The van der Waals surface area contributed by atoms with E-state index in [9.17, 15) is 4.79 Å². The highest BCUT2D eigenvalue weighted by Crippen LogP contribution is 2.34. The number of hydrogen-bond acceptors (Lipinski definition) is 4. The Morgan fingerprint density at radius 1 is 0.789 bits per heavy atom. The number of amides is 1. The Kier molecular flexibility index (Phi) is 8.65. The minimum absolute atomic E-state index is 0.0228. The Bertz CT molecular complexity index is 1180. The van der Waals surface area contributed by atoms with Crippen LogP contribution in [0.1, 0.15) is 42.4 Å². The van der Waals surface area contributed by atoms with E-state index in [0.29, 0.717) is 17.9 Å². The zero-order chi connectivity index (χ0) is 26.3. The Hall–Kier alpha value is -3.31. The molecule has 5 nitrogen and oxygen atoms in total. The second-order valence-corrected chi connectivity index (χ2v) is 10.8. The molecule has 2 fully saturated rings. The molecule has 0 radical (unpaired) electrons. The first-order chi connectivity index (χ1) is 18.6. The lowest BCUT2D eigenvalue weighted by Gasteiger charge is -2.41. The predicted octanol–water partition coefficient (Wildman–Crippen LogP) is 5.76. The third kappa shape index (κ3) is 6.21. The number of carbonyl (C=O) groups is 1. The summed E-state index contributed by atoms with van der Waals surface area (Å²) < 4.78 is 10.9. The van der Waals surface area contributed by atoms with Gasteiger partial charge in [0.1, 0.15) is 0 Å². The average Bonchev–Trinajstić information content (AvgIpc) is 3.27. The van der Waals surface area contributed by atoms with E-state index in [1.54, 1.807) is 14.2 Å². The van der Waals surface area contributed by atoms with Crippen LogP contribution in [0.3, 0.4) is 0 Å². The summed E-state index contributed by atoms with van der Waals surface area (Å²) in [5, 5.41) is 0. The van der Waals surface area contributed by atoms with E-state index < -0.39 is 0 Å². The Balaban J connectivity index is 1.26. The molecule has 3 atom stereocenters. The molecule has 3 aromatic rings. The highest BCUT2D eigenvalue weighted by Gasteiger charge is 2.45. The molecule has 200 valence electrons. The van der Waals surface area contributed by atoms with E-state index >= 15 is 0 Å². The Morgan fingerprint density at radius 2 is 1.45 bits per heavy atom. The molecule has 0 spiro atoms. The number of aryl methyl sites for hydroxylation is 2. The molecule has 2 bridgehead atoms. The molecule has 2 aliphatic heterocycles. The van der Waals surface area contributed by atoms with Crippen molar-refractivity contribution in [2.75, 3.05) is 27.3 Å². The summed E-state index contributed by atoms with van der Waals surface area (Å²) in [6, 6.07) is 28.0. The molecule has 0 aromatic heterocycles. The van der Waals surface area contributed by atoms with E-state index in [2.05, 4.69) is 82.6 Å². The van der Waals surface area contributed by atoms with Gasteiger partial charge in [-0.25, -0.2) is 0 Å². The van der Waals surface area contributed by atoms with E-state index in [1.807, 2.05) is 6.07 Å². The van der Waals surface area contributed by atoms with Crippen LogP contribution >= 0.6 is 0 Å². The molecule has 38 heavy (non-hydrogen) atoms. The largest absolute Gasteiger partial charge is 0.493 e. The van der Waals surface area contributed by atoms with Gasteiger partial charge in [-0.1, -0.05) is 66.7 Å². The van der Waals surface area contributed by atoms with Crippen molar-refractivity contribution in [3.63, 3.8) is 0 Å². The number of hydrogen-bond donors (Lipinski definition) is 0. The lowest BCUT2D eigenvalue weighted by Crippen LogP contribution is -2.57. The van der Waals surface area contributed by atoms with Crippen LogP contribution in [-0.4, -0.2) is 55.1 Å². The van der Waals surface area contributed by atoms with Crippen LogP contribution < -0.4 is 9.47 Å². The van der Waals surface area contributed by atoms with Crippen LogP contribution in [0, 0.1) is 5.92 Å². The van der Waals surface area contributed by atoms with Gasteiger partial charge in [-0.3, -0.25) is 9.69 Å². The maximum Gasteiger partial charge on any atom is 0.240 e. The van der Waals surface area contributed by atoms with E-state index in [-0.39, 0.29) is 6.04 Å². The summed E-state index contributed by atoms with van der Waals surface area (Å²) in [5.74, 6) is 2.29. The summed E-state index contributed by atoms with van der Waals surface area (Å²) >= 11 is 0. The molecule has 5 heteroatoms. The molecular weight excluding hydrogens is 472 g/mol. The topological polar surface area (TPSA) is 42.0 Å². The first-order valence-corrected chi connectivity index (χ1v) is 14.0. The summed E-state index contributed by atoms with van der Waals surface area (Å²) in [5.41, 5.74) is 3.90. The highest BCUT2D eigenvalue weighted by atomic mass is 16.5. The fraction of sp³-hybridized carbons (Fsp3) is 0.424. The van der Waals surface area contributed by atoms with Crippen LogP contribution in [0.4, 0.5) is 0 Å². The first kappa shape index (κ1) is 26.3. The van der Waals surface area contributed by atoms with Gasteiger partial charge in [0.2, 0.25) is 5.91 Å². The van der Waals surface area contributed by atoms with Crippen molar-refractivity contribution in [1.29, 1.82) is 0 Å². The summed E-state index contributed by atoms with van der Waals surface area (Å²) in [4.78, 5) is 18.3. The number of rotatable bonds is 12. The van der Waals surface area contributed by atoms with Gasteiger partial charge >= 0.3 is 0 Å². The molecule has 2 heterocycles. The minimum atomic E-state index is 0.0228. The molecule has 0 saturated carbocycles. The third-order valence-electron chi connectivity index (χ3n) is 8.33. The van der Waals surface area contributed by atoms with Gasteiger partial charge in [0.15, 0.2) is 11.5 Å². The predicted molar refractivity (Wildman–Crippen MR) is 151 cm³/mol.